The fraction of sp³-hybridized carbons (Fsp3) is 0.0377. The zero-order valence-corrected chi connectivity index (χ0v) is 31.0. The van der Waals surface area contributed by atoms with Gasteiger partial charge in [0.2, 0.25) is 0 Å². The molecule has 0 aliphatic heterocycles. The van der Waals surface area contributed by atoms with Crippen molar-refractivity contribution in [3.8, 4) is 50.2 Å². The van der Waals surface area contributed by atoms with Crippen molar-refractivity contribution >= 4 is 64.1 Å². The van der Waals surface area contributed by atoms with Crippen LogP contribution in [0.1, 0.15) is 19.5 Å². The first kappa shape index (κ1) is 27.7. The van der Waals surface area contributed by atoms with Crippen LogP contribution < -0.4 is 0 Å². The quantitative estimate of drug-likeness (QED) is 0.155. The number of rotatable bonds is 6. The molecule has 0 unspecified atom stereocenters. The van der Waals surface area contributed by atoms with Crippen molar-refractivity contribution < 1.29 is 6.85 Å². The number of imidazole rings is 1. The summed E-state index contributed by atoms with van der Waals surface area (Å²) in [7, 11) is 0. The average molecular weight is 738 g/mol. The van der Waals surface area contributed by atoms with Crippen LogP contribution in [0.15, 0.2) is 188 Å². The minimum atomic E-state index is -2.93. The maximum absolute atomic E-state index is 8.79. The summed E-state index contributed by atoms with van der Waals surface area (Å²) in [4.78, 5) is 4.58. The van der Waals surface area contributed by atoms with Crippen LogP contribution in [0.2, 0.25) is 0 Å². The monoisotopic (exact) mass is 737 g/mol. The fourth-order valence-electron chi connectivity index (χ4n) is 8.58. The molecule has 0 N–H and O–H groups in total. The summed E-state index contributed by atoms with van der Waals surface area (Å²) in [6, 6.07) is 65.3. The Labute approximate surface area is 336 Å². The van der Waals surface area contributed by atoms with Crippen molar-refractivity contribution in [3.63, 3.8) is 0 Å². The molecule has 2 aromatic heterocycles. The molecule has 9 aromatic carbocycles. The van der Waals surface area contributed by atoms with Crippen LogP contribution in [0.4, 0.5) is 0 Å². The Morgan fingerprint density at radius 3 is 1.93 bits per heavy atom. The summed E-state index contributed by atoms with van der Waals surface area (Å²) in [6.45, 7) is -2.93. The lowest BCUT2D eigenvalue weighted by molar-refractivity contribution is 0.909. The molecule has 264 valence electrons. The summed E-state index contributed by atoms with van der Waals surface area (Å²) >= 11 is 1.83. The van der Waals surface area contributed by atoms with Crippen LogP contribution in [-0.2, 0) is 6.37 Å². The van der Waals surface area contributed by atoms with E-state index in [0.717, 1.165) is 44.2 Å². The van der Waals surface area contributed by atoms with Crippen molar-refractivity contribution in [1.29, 1.82) is 0 Å². The van der Waals surface area contributed by atoms with Crippen LogP contribution in [0.5, 0.6) is 0 Å². The van der Waals surface area contributed by atoms with Crippen molar-refractivity contribution in [2.75, 3.05) is 0 Å². The molecule has 2 nitrogen and oxygen atoms in total. The number of para-hydroxylation sites is 3. The average Bonchev–Trinajstić information content (AvgIpc) is 3.87. The number of fused-ring (bicyclic) bond motifs is 6. The second-order valence-electron chi connectivity index (χ2n) is 14.2. The molecule has 2 heterocycles. The van der Waals surface area contributed by atoms with Gasteiger partial charge in [0, 0.05) is 39.0 Å². The summed E-state index contributed by atoms with van der Waals surface area (Å²) in [5.74, 6) is -0.156. The Morgan fingerprint density at radius 1 is 0.482 bits per heavy atom. The highest BCUT2D eigenvalue weighted by atomic mass is 32.1. The Kier molecular flexibility index (Phi) is 6.53. The molecule has 56 heavy (non-hydrogen) atoms. The van der Waals surface area contributed by atoms with Crippen LogP contribution in [0.25, 0.3) is 103 Å². The highest BCUT2D eigenvalue weighted by Gasteiger charge is 2.20. The number of aryl methyl sites for hydroxylation is 1. The van der Waals surface area contributed by atoms with E-state index in [1.165, 1.54) is 42.1 Å². The minimum Gasteiger partial charge on any atom is -0.296 e. The van der Waals surface area contributed by atoms with E-state index in [9.17, 15) is 0 Å². The lowest BCUT2D eigenvalue weighted by Crippen LogP contribution is -2.02. The van der Waals surface area contributed by atoms with Crippen molar-refractivity contribution in [2.45, 2.75) is 13.2 Å². The first-order chi connectivity index (χ1) is 29.7. The Morgan fingerprint density at radius 2 is 1.09 bits per heavy atom. The van der Waals surface area contributed by atoms with E-state index < -0.39 is 13.2 Å². The minimum absolute atomic E-state index is 0.156. The maximum Gasteiger partial charge on any atom is 0.114 e. The Bertz CT molecular complexity index is 3490. The highest BCUT2D eigenvalue weighted by molar-refractivity contribution is 7.25. The van der Waals surface area contributed by atoms with Gasteiger partial charge >= 0.3 is 0 Å². The highest BCUT2D eigenvalue weighted by Crippen LogP contribution is 2.47. The van der Waals surface area contributed by atoms with Crippen LogP contribution in [0.3, 0.4) is 0 Å². The zero-order chi connectivity index (χ0) is 41.5. The standard InChI is InChI=1S/C53H36N2S/c1-2-51-54-46-20-10-12-22-48(46)55(51)47-21-11-8-16-39(47)35-24-26-36(27-25-35)52-41-18-6-7-19-42(41)53(45-32-37(28-30-43(45)52)34-14-4-3-5-15-34)38-29-31-50-44(33-38)40-17-9-13-23-49(40)56-50/h3-33H,2H2,1H3/i1D3,2D2. The van der Waals surface area contributed by atoms with Gasteiger partial charge in [-0.2, -0.15) is 0 Å². The molecule has 0 bridgehead atoms. The summed E-state index contributed by atoms with van der Waals surface area (Å²) in [5.41, 5.74) is 10.4. The first-order valence-electron chi connectivity index (χ1n) is 21.3. The molecule has 0 amide bonds. The van der Waals surface area contributed by atoms with Gasteiger partial charge in [0.25, 0.3) is 0 Å². The van der Waals surface area contributed by atoms with E-state index in [2.05, 4.69) is 145 Å². The molecular weight excluding hydrogens is 697 g/mol. The van der Waals surface area contributed by atoms with Crippen molar-refractivity contribution in [2.24, 2.45) is 0 Å². The van der Waals surface area contributed by atoms with Gasteiger partial charge in [-0.25, -0.2) is 4.98 Å². The lowest BCUT2D eigenvalue weighted by atomic mass is 9.84. The molecule has 11 rings (SSSR count). The number of aromatic nitrogens is 2. The van der Waals surface area contributed by atoms with Crippen LogP contribution >= 0.6 is 11.3 Å². The summed E-state index contributed by atoms with van der Waals surface area (Å²) < 4.78 is 46.2. The number of benzene rings is 9. The van der Waals surface area contributed by atoms with Gasteiger partial charge in [-0.15, -0.1) is 11.3 Å². The number of hydrogen-bond donors (Lipinski definition) is 0. The van der Waals surface area contributed by atoms with Gasteiger partial charge < -0.3 is 0 Å². The summed E-state index contributed by atoms with van der Waals surface area (Å²) in [6.07, 6.45) is -2.71. The van der Waals surface area contributed by atoms with Gasteiger partial charge in [-0.3, -0.25) is 4.57 Å². The molecule has 0 saturated heterocycles. The number of hydrogen-bond acceptors (Lipinski definition) is 2. The van der Waals surface area contributed by atoms with Crippen molar-refractivity contribution in [3.05, 3.63) is 194 Å². The van der Waals surface area contributed by atoms with Crippen LogP contribution in [-0.4, -0.2) is 9.55 Å². The second kappa shape index (κ2) is 13.2. The third-order valence-corrected chi connectivity index (χ3v) is 12.3. The third-order valence-electron chi connectivity index (χ3n) is 11.1. The molecule has 0 spiro atoms. The normalized spacial score (nSPS) is 13.5. The van der Waals surface area contributed by atoms with Crippen LogP contribution in [0, 0.1) is 0 Å². The SMILES string of the molecule is [2H]C([2H])([2H])C([2H])([2H])c1nc2ccccc2n1-c1ccccc1-c1ccc(-c2c3ccccc3c(-c3ccc4sc5ccccc5c4c3)c3cc(-c4ccccc4)ccc23)cc1. The van der Waals surface area contributed by atoms with Gasteiger partial charge in [0.1, 0.15) is 5.82 Å². The Balaban J connectivity index is 1.11. The van der Waals surface area contributed by atoms with E-state index in [4.69, 9.17) is 6.85 Å². The topological polar surface area (TPSA) is 17.8 Å². The second-order valence-corrected chi connectivity index (χ2v) is 15.3. The van der Waals surface area contributed by atoms with E-state index in [-0.39, 0.29) is 5.82 Å². The molecule has 11 aromatic rings. The number of thiophene rings is 1. The Hall–Kier alpha value is -6.81. The third kappa shape index (κ3) is 5.20. The predicted octanol–water partition coefficient (Wildman–Crippen LogP) is 14.9. The van der Waals surface area contributed by atoms with E-state index in [1.54, 1.807) is 10.6 Å². The first-order valence-corrected chi connectivity index (χ1v) is 19.6. The smallest absolute Gasteiger partial charge is 0.114 e. The molecule has 0 radical (unpaired) electrons. The molecule has 3 heteroatoms. The molecule has 0 saturated carbocycles. The lowest BCUT2D eigenvalue weighted by Gasteiger charge is -2.19. The van der Waals surface area contributed by atoms with Crippen molar-refractivity contribution in [1.82, 2.24) is 9.55 Å². The van der Waals surface area contributed by atoms with Gasteiger partial charge in [-0.05, 0) is 103 Å². The predicted molar refractivity (Wildman–Crippen MR) is 240 cm³/mol. The van der Waals surface area contributed by atoms with E-state index in [0.29, 0.717) is 16.7 Å². The van der Waals surface area contributed by atoms with Gasteiger partial charge in [0.15, 0.2) is 0 Å². The van der Waals surface area contributed by atoms with E-state index in [1.807, 2.05) is 53.8 Å². The number of nitrogens with zero attached hydrogens (tertiary/aromatic N) is 2. The zero-order valence-electron chi connectivity index (χ0n) is 35.2. The molecule has 0 atom stereocenters. The maximum atomic E-state index is 8.79. The molecule has 0 aliphatic rings. The molecule has 0 aliphatic carbocycles. The molecular formula is C53H36N2S. The van der Waals surface area contributed by atoms with E-state index >= 15 is 0 Å². The largest absolute Gasteiger partial charge is 0.296 e. The summed E-state index contributed by atoms with van der Waals surface area (Å²) in [5, 5.41) is 7.19. The molecule has 0 fully saturated rings. The van der Waals surface area contributed by atoms with Gasteiger partial charge in [-0.1, -0.05) is 152 Å². The fourth-order valence-corrected chi connectivity index (χ4v) is 9.66. The van der Waals surface area contributed by atoms with Gasteiger partial charge in [0.05, 0.1) is 16.7 Å².